The zero-order valence-corrected chi connectivity index (χ0v) is 10.5. The van der Waals surface area contributed by atoms with Crippen molar-refractivity contribution < 1.29 is 9.59 Å². The minimum Gasteiger partial charge on any atom is -0.397 e. The van der Waals surface area contributed by atoms with Gasteiger partial charge in [0.2, 0.25) is 11.8 Å². The van der Waals surface area contributed by atoms with Gasteiger partial charge in [-0.05, 0) is 31.0 Å². The molecule has 0 bridgehead atoms. The largest absolute Gasteiger partial charge is 0.397 e. The normalized spacial score (nSPS) is 26.8. The lowest BCUT2D eigenvalue weighted by Gasteiger charge is -2.18. The molecule has 2 N–H and O–H groups in total. The number of nitrogen functional groups attached to an aromatic ring is 1. The standard InChI is InChI=1S/C13H13ClN2O2/c14-7-4-5-11(10(15)6-7)16-12(17)8-2-1-3-9(8)13(16)18/h4-6,8-9H,1-3,15H2. The lowest BCUT2D eigenvalue weighted by molar-refractivity contribution is -0.122. The third-order valence-corrected chi connectivity index (χ3v) is 4.06. The van der Waals surface area contributed by atoms with Crippen molar-refractivity contribution in [2.24, 2.45) is 11.8 Å². The minimum atomic E-state index is -0.146. The van der Waals surface area contributed by atoms with E-state index in [1.165, 1.54) is 4.90 Å². The van der Waals surface area contributed by atoms with Crippen LogP contribution in [0.3, 0.4) is 0 Å². The molecule has 0 spiro atoms. The molecule has 1 aromatic carbocycles. The zero-order chi connectivity index (χ0) is 12.9. The fraction of sp³-hybridized carbons (Fsp3) is 0.385. The van der Waals surface area contributed by atoms with Crippen molar-refractivity contribution in [2.75, 3.05) is 10.6 Å². The topological polar surface area (TPSA) is 63.4 Å². The first-order valence-corrected chi connectivity index (χ1v) is 6.40. The maximum atomic E-state index is 12.3. The molecular weight excluding hydrogens is 252 g/mol. The molecule has 1 aromatic rings. The molecule has 2 atom stereocenters. The number of imide groups is 1. The van der Waals surface area contributed by atoms with Crippen molar-refractivity contribution in [1.29, 1.82) is 0 Å². The van der Waals surface area contributed by atoms with E-state index in [-0.39, 0.29) is 23.7 Å². The number of anilines is 2. The molecule has 94 valence electrons. The molecule has 1 heterocycles. The first kappa shape index (κ1) is 11.5. The van der Waals surface area contributed by atoms with Crippen LogP contribution in [0.1, 0.15) is 19.3 Å². The molecule has 2 fully saturated rings. The van der Waals surface area contributed by atoms with Crippen LogP contribution in [-0.4, -0.2) is 11.8 Å². The number of hydrogen-bond donors (Lipinski definition) is 1. The molecule has 18 heavy (non-hydrogen) atoms. The van der Waals surface area contributed by atoms with E-state index in [0.29, 0.717) is 16.4 Å². The summed E-state index contributed by atoms with van der Waals surface area (Å²) in [4.78, 5) is 25.7. The number of fused-ring (bicyclic) bond motifs is 1. The first-order chi connectivity index (χ1) is 8.59. The highest BCUT2D eigenvalue weighted by atomic mass is 35.5. The number of nitrogens with two attached hydrogens (primary N) is 1. The highest BCUT2D eigenvalue weighted by Crippen LogP contribution is 2.43. The molecule has 1 saturated heterocycles. The van der Waals surface area contributed by atoms with E-state index in [0.717, 1.165) is 19.3 Å². The van der Waals surface area contributed by atoms with Gasteiger partial charge in [-0.25, -0.2) is 4.90 Å². The van der Waals surface area contributed by atoms with Gasteiger partial charge in [-0.2, -0.15) is 0 Å². The third kappa shape index (κ3) is 1.52. The number of amides is 2. The number of hydrogen-bond acceptors (Lipinski definition) is 3. The molecule has 1 aliphatic heterocycles. The molecular formula is C13H13ClN2O2. The number of halogens is 1. The van der Waals surface area contributed by atoms with Crippen molar-refractivity contribution in [3.63, 3.8) is 0 Å². The van der Waals surface area contributed by atoms with Crippen LogP contribution in [0.5, 0.6) is 0 Å². The summed E-state index contributed by atoms with van der Waals surface area (Å²) in [6, 6.07) is 4.84. The van der Waals surface area contributed by atoms with Gasteiger partial charge in [-0.3, -0.25) is 9.59 Å². The van der Waals surface area contributed by atoms with Crippen LogP contribution in [0.25, 0.3) is 0 Å². The first-order valence-electron chi connectivity index (χ1n) is 6.02. The van der Waals surface area contributed by atoms with Gasteiger partial charge in [-0.15, -0.1) is 0 Å². The van der Waals surface area contributed by atoms with Crippen LogP contribution in [-0.2, 0) is 9.59 Å². The molecule has 2 unspecified atom stereocenters. The smallest absolute Gasteiger partial charge is 0.237 e. The molecule has 1 saturated carbocycles. The van der Waals surface area contributed by atoms with Gasteiger partial charge in [0, 0.05) is 5.02 Å². The number of nitrogens with zero attached hydrogens (tertiary/aromatic N) is 1. The average molecular weight is 265 g/mol. The monoisotopic (exact) mass is 264 g/mol. The van der Waals surface area contributed by atoms with Crippen molar-refractivity contribution in [2.45, 2.75) is 19.3 Å². The SMILES string of the molecule is Nc1cc(Cl)ccc1N1C(=O)C2CCCC2C1=O. The Morgan fingerprint density at radius 1 is 1.17 bits per heavy atom. The third-order valence-electron chi connectivity index (χ3n) is 3.82. The predicted octanol–water partition coefficient (Wildman–Crippen LogP) is 2.21. The summed E-state index contributed by atoms with van der Waals surface area (Å²) < 4.78 is 0. The fourth-order valence-electron chi connectivity index (χ4n) is 2.96. The molecule has 2 aliphatic rings. The average Bonchev–Trinajstić information content (AvgIpc) is 2.87. The maximum Gasteiger partial charge on any atom is 0.237 e. The zero-order valence-electron chi connectivity index (χ0n) is 9.73. The van der Waals surface area contributed by atoms with Crippen LogP contribution < -0.4 is 10.6 Å². The number of rotatable bonds is 1. The van der Waals surface area contributed by atoms with Crippen molar-refractivity contribution in [1.82, 2.24) is 0 Å². The Hall–Kier alpha value is -1.55. The highest BCUT2D eigenvalue weighted by Gasteiger charge is 2.50. The van der Waals surface area contributed by atoms with Crippen LogP contribution in [0, 0.1) is 11.8 Å². The van der Waals surface area contributed by atoms with Crippen LogP contribution in [0.4, 0.5) is 11.4 Å². The quantitative estimate of drug-likeness (QED) is 0.625. The van der Waals surface area contributed by atoms with E-state index in [2.05, 4.69) is 0 Å². The number of carbonyl (C=O) groups is 2. The van der Waals surface area contributed by atoms with Gasteiger partial charge < -0.3 is 5.73 Å². The summed E-state index contributed by atoms with van der Waals surface area (Å²) in [5.41, 5.74) is 6.67. The van der Waals surface area contributed by atoms with E-state index < -0.39 is 0 Å². The molecule has 4 nitrogen and oxygen atoms in total. The van der Waals surface area contributed by atoms with Gasteiger partial charge in [0.1, 0.15) is 0 Å². The molecule has 0 aromatic heterocycles. The van der Waals surface area contributed by atoms with Crippen LogP contribution in [0.15, 0.2) is 18.2 Å². The summed E-state index contributed by atoms with van der Waals surface area (Å²) in [6.07, 6.45) is 2.56. The summed E-state index contributed by atoms with van der Waals surface area (Å²) in [7, 11) is 0. The van der Waals surface area contributed by atoms with E-state index in [1.54, 1.807) is 18.2 Å². The number of carbonyl (C=O) groups excluding carboxylic acids is 2. The summed E-state index contributed by atoms with van der Waals surface area (Å²) in [5.74, 6) is -0.520. The van der Waals surface area contributed by atoms with E-state index in [1.807, 2.05) is 0 Å². The van der Waals surface area contributed by atoms with Gasteiger partial charge in [0.15, 0.2) is 0 Å². The second-order valence-electron chi connectivity index (χ2n) is 4.86. The Kier molecular flexibility index (Phi) is 2.55. The Morgan fingerprint density at radius 3 is 2.33 bits per heavy atom. The maximum absolute atomic E-state index is 12.3. The number of benzene rings is 1. The second kappa shape index (κ2) is 3.99. The van der Waals surface area contributed by atoms with E-state index >= 15 is 0 Å². The summed E-state index contributed by atoms with van der Waals surface area (Å²) in [6.45, 7) is 0. The van der Waals surface area contributed by atoms with Crippen molar-refractivity contribution in [3.05, 3.63) is 23.2 Å². The van der Waals surface area contributed by atoms with Gasteiger partial charge >= 0.3 is 0 Å². The predicted molar refractivity (Wildman–Crippen MR) is 69.2 cm³/mol. The minimum absolute atomic E-state index is 0.114. The lowest BCUT2D eigenvalue weighted by Crippen LogP contribution is -2.32. The molecule has 5 heteroatoms. The van der Waals surface area contributed by atoms with Gasteiger partial charge in [0.25, 0.3) is 0 Å². The van der Waals surface area contributed by atoms with Crippen LogP contribution >= 0.6 is 11.6 Å². The Bertz CT molecular complexity index is 522. The summed E-state index contributed by atoms with van der Waals surface area (Å²) in [5, 5.41) is 0.496. The lowest BCUT2D eigenvalue weighted by atomic mass is 10.00. The van der Waals surface area contributed by atoms with Crippen molar-refractivity contribution >= 4 is 34.8 Å². The molecule has 3 rings (SSSR count). The molecule has 2 amide bonds. The van der Waals surface area contributed by atoms with Gasteiger partial charge in [-0.1, -0.05) is 18.0 Å². The second-order valence-corrected chi connectivity index (χ2v) is 5.30. The molecule has 1 aliphatic carbocycles. The Balaban J connectivity index is 2.02. The summed E-state index contributed by atoms with van der Waals surface area (Å²) >= 11 is 5.82. The van der Waals surface area contributed by atoms with Crippen molar-refractivity contribution in [3.8, 4) is 0 Å². The fourth-order valence-corrected chi connectivity index (χ4v) is 3.14. The Morgan fingerprint density at radius 2 is 1.78 bits per heavy atom. The Labute approximate surface area is 110 Å². The van der Waals surface area contributed by atoms with Crippen LogP contribution in [0.2, 0.25) is 5.02 Å². The van der Waals surface area contributed by atoms with Gasteiger partial charge in [0.05, 0.1) is 23.2 Å². The highest BCUT2D eigenvalue weighted by molar-refractivity contribution is 6.31. The van der Waals surface area contributed by atoms with E-state index in [9.17, 15) is 9.59 Å². The van der Waals surface area contributed by atoms with E-state index in [4.69, 9.17) is 17.3 Å². The molecule has 0 radical (unpaired) electrons.